The molecule has 0 aliphatic heterocycles. The molecule has 0 saturated heterocycles. The molecular formula is C67H77FN10. The first-order valence-corrected chi connectivity index (χ1v) is 25.4. The van der Waals surface area contributed by atoms with Crippen molar-refractivity contribution >= 4 is 77.9 Å². The predicted octanol–water partition coefficient (Wildman–Crippen LogP) is 15.4. The smallest absolute Gasteiger partial charge is 0.125 e. The summed E-state index contributed by atoms with van der Waals surface area (Å²) in [5.74, 6) is -0.280. The monoisotopic (exact) mass is 1040 g/mol. The molecule has 11 aromatic rings. The lowest BCUT2D eigenvalue weighted by Crippen LogP contribution is -2.10. The number of fused-ring (bicyclic) bond motifs is 3. The lowest BCUT2D eigenvalue weighted by atomic mass is 9.87. The largest absolute Gasteiger partial charge is 0.399 e. The van der Waals surface area contributed by atoms with Crippen LogP contribution in [0.5, 0.6) is 0 Å². The Balaban J connectivity index is 0.000000193. The van der Waals surface area contributed by atoms with E-state index >= 15 is 0 Å². The van der Waals surface area contributed by atoms with Gasteiger partial charge in [0.05, 0.1) is 11.2 Å². The maximum atomic E-state index is 12.3. The van der Waals surface area contributed by atoms with E-state index in [4.69, 9.17) is 45.9 Å². The van der Waals surface area contributed by atoms with Crippen LogP contribution in [0.3, 0.4) is 0 Å². The molecule has 11 rings (SSSR count). The van der Waals surface area contributed by atoms with Crippen molar-refractivity contribution < 1.29 is 4.39 Å². The number of aryl methyl sites for hydroxylation is 5. The summed E-state index contributed by atoms with van der Waals surface area (Å²) in [7, 11) is 0. The average molecular weight is 1040 g/mol. The lowest BCUT2D eigenvalue weighted by molar-refractivity contribution is 0.590. The van der Waals surface area contributed by atoms with Gasteiger partial charge < -0.3 is 45.9 Å². The van der Waals surface area contributed by atoms with E-state index in [0.29, 0.717) is 11.4 Å². The van der Waals surface area contributed by atoms with Crippen molar-refractivity contribution in [2.45, 2.75) is 60.8 Å². The number of aromatic nitrogens is 2. The topological polar surface area (TPSA) is 234 Å². The molecule has 11 heteroatoms. The standard InChI is InChI=1S/2C10H9N.C10H15N.C9H8N2.2C8H11N.C7H8FN.C5H6N2/c11-10-7-3-5-8-4-1-2-6-9(8)10;11-10-6-5-8-3-1-2-4-9(8)7-10;1-10(2,3)8-4-6-9(11)7-5-8;10-8-3-4-9-7(6-8)2-1-5-11-9;1-6-3-4-8(9)7(2)5-6;1-6-3-4-7(2)8(9)5-6;1-5-2-3-6(8)4-7(5)9;6-5-2-1-3-7-4-5/h2*1-7H,11H2;4-7H,11H2,1-3H3;1-6H,10H2;2*3-5H,9H2,1-2H3;2-4H,9H2,1H3;1-4H,6H2. The van der Waals surface area contributed by atoms with Crippen LogP contribution in [0, 0.1) is 40.4 Å². The van der Waals surface area contributed by atoms with Gasteiger partial charge in [-0.15, -0.1) is 0 Å². The highest BCUT2D eigenvalue weighted by Gasteiger charge is 2.12. The van der Waals surface area contributed by atoms with E-state index in [9.17, 15) is 4.39 Å². The van der Waals surface area contributed by atoms with Gasteiger partial charge in [0.2, 0.25) is 0 Å². The minimum absolute atomic E-state index is 0.230. The molecule has 2 heterocycles. The van der Waals surface area contributed by atoms with E-state index in [2.05, 4.69) is 86.2 Å². The highest BCUT2D eigenvalue weighted by Crippen LogP contribution is 2.23. The molecule has 2 aromatic heterocycles. The fourth-order valence-corrected chi connectivity index (χ4v) is 7.11. The normalized spacial score (nSPS) is 10.0. The number of hydrogen-bond donors (Lipinski definition) is 8. The summed E-state index contributed by atoms with van der Waals surface area (Å²) in [6.45, 7) is 16.5. The maximum Gasteiger partial charge on any atom is 0.125 e. The zero-order valence-corrected chi connectivity index (χ0v) is 46.3. The second-order valence-corrected chi connectivity index (χ2v) is 19.5. The third kappa shape index (κ3) is 21.7. The lowest BCUT2D eigenvalue weighted by Gasteiger charge is -2.18. The number of nitrogens with two attached hydrogens (primary N) is 8. The molecule has 402 valence electrons. The van der Waals surface area contributed by atoms with E-state index in [1.165, 1.54) is 45.0 Å². The molecule has 0 aliphatic rings. The molecule has 0 unspecified atom stereocenters. The van der Waals surface area contributed by atoms with E-state index in [1.54, 1.807) is 36.8 Å². The Morgan fingerprint density at radius 2 is 0.897 bits per heavy atom. The number of pyridine rings is 2. The molecule has 0 amide bonds. The third-order valence-corrected chi connectivity index (χ3v) is 11.8. The Bertz CT molecular complexity index is 3350. The molecular weight excluding hydrogens is 964 g/mol. The van der Waals surface area contributed by atoms with Crippen molar-refractivity contribution in [2.75, 3.05) is 45.9 Å². The first-order chi connectivity index (χ1) is 37.1. The van der Waals surface area contributed by atoms with Crippen molar-refractivity contribution in [2.24, 2.45) is 0 Å². The molecule has 0 bridgehead atoms. The molecule has 0 saturated carbocycles. The number of hydrogen-bond acceptors (Lipinski definition) is 10. The van der Waals surface area contributed by atoms with Crippen LogP contribution in [0.15, 0.2) is 225 Å². The minimum Gasteiger partial charge on any atom is -0.399 e. The van der Waals surface area contributed by atoms with Crippen molar-refractivity contribution in [1.29, 1.82) is 0 Å². The summed E-state index contributed by atoms with van der Waals surface area (Å²) in [5, 5.41) is 5.87. The molecule has 0 fully saturated rings. The van der Waals surface area contributed by atoms with Crippen molar-refractivity contribution in [1.82, 2.24) is 9.97 Å². The van der Waals surface area contributed by atoms with Gasteiger partial charge in [0.25, 0.3) is 0 Å². The van der Waals surface area contributed by atoms with Crippen LogP contribution < -0.4 is 45.9 Å². The van der Waals surface area contributed by atoms with E-state index in [1.807, 2.05) is 155 Å². The second kappa shape index (κ2) is 30.7. The maximum absolute atomic E-state index is 12.3. The molecule has 0 spiro atoms. The zero-order valence-electron chi connectivity index (χ0n) is 46.3. The van der Waals surface area contributed by atoms with Crippen molar-refractivity contribution in [3.8, 4) is 0 Å². The first kappa shape index (κ1) is 60.9. The molecule has 0 aliphatic carbocycles. The predicted molar refractivity (Wildman–Crippen MR) is 337 cm³/mol. The van der Waals surface area contributed by atoms with Crippen LogP contribution >= 0.6 is 0 Å². The summed E-state index contributed by atoms with van der Waals surface area (Å²) < 4.78 is 12.3. The van der Waals surface area contributed by atoms with Crippen molar-refractivity contribution in [3.05, 3.63) is 264 Å². The van der Waals surface area contributed by atoms with Crippen LogP contribution in [0.25, 0.3) is 32.4 Å². The number of benzene rings is 9. The highest BCUT2D eigenvalue weighted by atomic mass is 19.1. The zero-order chi connectivity index (χ0) is 57.2. The fraction of sp³-hybridized carbons (Fsp3) is 0.134. The Labute approximate surface area is 461 Å². The highest BCUT2D eigenvalue weighted by molar-refractivity contribution is 5.92. The van der Waals surface area contributed by atoms with Gasteiger partial charge in [-0.1, -0.05) is 142 Å². The number of nitrogen functional groups attached to an aromatic ring is 8. The summed E-state index contributed by atoms with van der Waals surface area (Å²) in [4.78, 5) is 7.93. The van der Waals surface area contributed by atoms with Gasteiger partial charge in [-0.05, 0) is 175 Å². The van der Waals surface area contributed by atoms with Gasteiger partial charge in [0, 0.05) is 69.2 Å². The molecule has 9 aromatic carbocycles. The van der Waals surface area contributed by atoms with Gasteiger partial charge in [0.15, 0.2) is 0 Å². The average Bonchev–Trinajstić information content (AvgIpc) is 3.41. The summed E-state index contributed by atoms with van der Waals surface area (Å²) in [6.07, 6.45) is 5.08. The Morgan fingerprint density at radius 3 is 1.45 bits per heavy atom. The fourth-order valence-electron chi connectivity index (χ4n) is 7.11. The van der Waals surface area contributed by atoms with Crippen LogP contribution in [0.2, 0.25) is 0 Å². The molecule has 10 nitrogen and oxygen atoms in total. The van der Waals surface area contributed by atoms with Gasteiger partial charge in [-0.3, -0.25) is 9.97 Å². The van der Waals surface area contributed by atoms with Crippen molar-refractivity contribution in [3.63, 3.8) is 0 Å². The van der Waals surface area contributed by atoms with E-state index < -0.39 is 0 Å². The van der Waals surface area contributed by atoms with Crippen LogP contribution in [0.4, 0.5) is 49.9 Å². The van der Waals surface area contributed by atoms with Gasteiger partial charge in [-0.25, -0.2) is 4.39 Å². The first-order valence-electron chi connectivity index (χ1n) is 25.4. The number of nitrogens with zero attached hydrogens (tertiary/aromatic N) is 2. The van der Waals surface area contributed by atoms with E-state index in [-0.39, 0.29) is 11.2 Å². The van der Waals surface area contributed by atoms with Gasteiger partial charge in [-0.2, -0.15) is 0 Å². The number of anilines is 8. The van der Waals surface area contributed by atoms with Gasteiger partial charge >= 0.3 is 0 Å². The third-order valence-electron chi connectivity index (χ3n) is 11.8. The SMILES string of the molecule is CC(C)(C)c1ccc(N)cc1.Cc1ccc(C)c(N)c1.Cc1ccc(F)cc1N.Cc1ccc(N)c(C)c1.Nc1ccc2ccccc2c1.Nc1ccc2ncccc2c1.Nc1cccc2ccccc12.Nc1cccnc1. The van der Waals surface area contributed by atoms with Crippen LogP contribution in [0.1, 0.15) is 54.2 Å². The minimum atomic E-state index is -0.280. The van der Waals surface area contributed by atoms with E-state index in [0.717, 1.165) is 67.1 Å². The van der Waals surface area contributed by atoms with Crippen LogP contribution in [-0.4, -0.2) is 9.97 Å². The summed E-state index contributed by atoms with van der Waals surface area (Å²) in [6, 6.07) is 65.9. The molecule has 0 atom stereocenters. The Kier molecular flexibility index (Phi) is 24.0. The molecule has 0 radical (unpaired) electrons. The number of rotatable bonds is 0. The van der Waals surface area contributed by atoms with Crippen LogP contribution in [-0.2, 0) is 5.41 Å². The van der Waals surface area contributed by atoms with Gasteiger partial charge in [0.1, 0.15) is 5.82 Å². The second-order valence-electron chi connectivity index (χ2n) is 19.5. The number of halogens is 1. The Hall–Kier alpha value is -9.61. The molecule has 78 heavy (non-hydrogen) atoms. The summed E-state index contributed by atoms with van der Waals surface area (Å²) in [5.41, 5.74) is 59.0. The molecule has 16 N–H and O–H groups in total. The summed E-state index contributed by atoms with van der Waals surface area (Å²) >= 11 is 0. The quantitative estimate of drug-likeness (QED) is 0.0669. The Morgan fingerprint density at radius 1 is 0.359 bits per heavy atom.